The van der Waals surface area contributed by atoms with Crippen molar-refractivity contribution >= 4 is 56.5 Å². The normalized spacial score (nSPS) is 12.6. The van der Waals surface area contributed by atoms with Crippen LogP contribution < -0.4 is 46.5 Å². The van der Waals surface area contributed by atoms with Gasteiger partial charge >= 0.3 is 0 Å². The molecule has 0 saturated heterocycles. The van der Waals surface area contributed by atoms with Gasteiger partial charge in [-0.15, -0.1) is 0 Å². The average molecular weight is 1050 g/mol. The van der Waals surface area contributed by atoms with Crippen LogP contribution in [0.3, 0.4) is 0 Å². The monoisotopic (exact) mass is 1050 g/mol. The van der Waals surface area contributed by atoms with Gasteiger partial charge in [0.2, 0.25) is 27.7 Å². The number of nitrogens with two attached hydrogens (primary N) is 2. The van der Waals surface area contributed by atoms with Crippen LogP contribution in [0.5, 0.6) is 17.2 Å². The highest BCUT2D eigenvalue weighted by molar-refractivity contribution is 7.89. The molecule has 4 aromatic carbocycles. The van der Waals surface area contributed by atoms with Gasteiger partial charge in [0.25, 0.3) is 5.69 Å². The largest absolute Gasteiger partial charge is 0.508 e. The van der Waals surface area contributed by atoms with Gasteiger partial charge in [-0.2, -0.15) is 10.2 Å². The number of carbonyl (C=O) groups excluding carboxylic acids is 3. The van der Waals surface area contributed by atoms with Crippen molar-refractivity contribution in [2.75, 3.05) is 52.4 Å². The summed E-state index contributed by atoms with van der Waals surface area (Å²) in [6.07, 6.45) is 1.47. The Bertz CT molecular complexity index is 2680. The maximum atomic E-state index is 13.9. The number of azo groups is 1. The zero-order valence-electron chi connectivity index (χ0n) is 43.3. The van der Waals surface area contributed by atoms with Crippen LogP contribution in [0.2, 0.25) is 0 Å². The van der Waals surface area contributed by atoms with Gasteiger partial charge in [0.1, 0.15) is 11.8 Å². The Hall–Kier alpha value is -7.37. The van der Waals surface area contributed by atoms with E-state index < -0.39 is 50.0 Å². The molecule has 0 fully saturated rings. The number of amides is 3. The number of ether oxygens (including phenoxy) is 3. The van der Waals surface area contributed by atoms with Crippen LogP contribution >= 0.6 is 0 Å². The van der Waals surface area contributed by atoms with Crippen LogP contribution in [0.15, 0.2) is 105 Å². The van der Waals surface area contributed by atoms with Gasteiger partial charge in [-0.3, -0.25) is 29.5 Å². The van der Waals surface area contributed by atoms with E-state index >= 15 is 0 Å². The van der Waals surface area contributed by atoms with E-state index in [-0.39, 0.29) is 97.1 Å². The van der Waals surface area contributed by atoms with E-state index in [1.807, 2.05) is 43.3 Å². The predicted molar refractivity (Wildman–Crippen MR) is 283 cm³/mol. The minimum atomic E-state index is -3.96. The third-order valence-corrected chi connectivity index (χ3v) is 13.1. The highest BCUT2D eigenvalue weighted by atomic mass is 32.2. The van der Waals surface area contributed by atoms with E-state index in [1.165, 1.54) is 31.4 Å². The second-order valence-corrected chi connectivity index (χ2v) is 20.6. The van der Waals surface area contributed by atoms with Crippen molar-refractivity contribution in [3.05, 3.63) is 106 Å². The first-order valence-electron chi connectivity index (χ1n) is 24.0. The van der Waals surface area contributed by atoms with Crippen molar-refractivity contribution in [2.24, 2.45) is 26.7 Å². The van der Waals surface area contributed by atoms with Crippen LogP contribution in [-0.4, -0.2) is 107 Å². The number of benzene rings is 4. The van der Waals surface area contributed by atoms with Gasteiger partial charge in [0.05, 0.1) is 64.6 Å². The molecule has 0 saturated carbocycles. The van der Waals surface area contributed by atoms with E-state index in [9.17, 15) is 38.0 Å². The quantitative estimate of drug-likeness (QED) is 0.00747. The lowest BCUT2D eigenvalue weighted by Crippen LogP contribution is -2.49. The van der Waals surface area contributed by atoms with E-state index in [4.69, 9.17) is 25.7 Å². The van der Waals surface area contributed by atoms with Crippen LogP contribution in [-0.2, 0) is 35.6 Å². The van der Waals surface area contributed by atoms with Crippen molar-refractivity contribution in [3.8, 4) is 17.2 Å². The van der Waals surface area contributed by atoms with Crippen LogP contribution in [0.4, 0.5) is 22.7 Å². The highest BCUT2D eigenvalue weighted by Crippen LogP contribution is 2.38. The zero-order chi connectivity index (χ0) is 54.6. The molecule has 0 spiro atoms. The fourth-order valence-electron chi connectivity index (χ4n) is 7.38. The number of nitro groups is 1. The molecule has 2 atom stereocenters. The Balaban J connectivity index is 1.33. The number of phenols is 1. The number of hydrogen-bond donors (Lipinski definition) is 7. The molecule has 0 bridgehead atoms. The number of guanidine groups is 1. The number of carbonyl (C=O) groups is 3. The van der Waals surface area contributed by atoms with Gasteiger partial charge in [-0.1, -0.05) is 12.1 Å². The van der Waals surface area contributed by atoms with E-state index in [1.54, 1.807) is 71.0 Å². The van der Waals surface area contributed by atoms with Crippen LogP contribution in [0.25, 0.3) is 0 Å². The molecule has 4 aromatic rings. The minimum Gasteiger partial charge on any atom is -0.508 e. The lowest BCUT2D eigenvalue weighted by Gasteiger charge is -2.30. The first-order valence-corrected chi connectivity index (χ1v) is 25.5. The van der Waals surface area contributed by atoms with Gasteiger partial charge < -0.3 is 51.6 Å². The number of rotatable bonds is 30. The number of nitrogens with zero attached hydrogens (tertiary/aromatic N) is 5. The molecule has 9 N–H and O–H groups in total. The molecule has 0 aromatic heterocycles. The third kappa shape index (κ3) is 19.9. The Kier molecular flexibility index (Phi) is 22.1. The number of nitro benzene ring substituents is 1. The maximum Gasteiger partial charge on any atom is 0.278 e. The first-order chi connectivity index (χ1) is 34.9. The predicted octanol–water partition coefficient (Wildman–Crippen LogP) is 6.36. The summed E-state index contributed by atoms with van der Waals surface area (Å²) < 4.78 is 47.0. The topological polar surface area (TPSA) is 317 Å². The molecular formula is C51H71N11O11S. The number of sulfonamides is 1. The molecule has 0 aliphatic rings. The fraction of sp³-hybridized carbons (Fsp3) is 0.451. The molecule has 4 rings (SSSR count). The fourth-order valence-corrected chi connectivity index (χ4v) is 8.82. The van der Waals surface area contributed by atoms with Crippen LogP contribution in [0.1, 0.15) is 90.3 Å². The molecule has 22 nitrogen and oxygen atoms in total. The summed E-state index contributed by atoms with van der Waals surface area (Å²) >= 11 is 0. The van der Waals surface area contributed by atoms with Crippen molar-refractivity contribution in [1.29, 1.82) is 0 Å². The molecule has 0 aliphatic carbocycles. The number of anilines is 1. The molecule has 2 unspecified atom stereocenters. The molecule has 0 aliphatic heterocycles. The Morgan fingerprint density at radius 2 is 1.50 bits per heavy atom. The molecule has 0 radical (unpaired) electrons. The standard InChI is InChI=1S/C51H71N11O11S/c1-34(41-31-45(44(71-8)32-43(41)62(67)68)72-29-10-12-46(64)54-28-25-35-13-21-39(63)22-14-35)56-48(66)42(11-9-27-55-49(52)53)57-47(65)33-51(4,5)73-30-26-50(2,3)60-74(69,70)40-23-17-37(18-24-40)59-58-36-15-19-38(20-16-36)61(6)7/h13-24,31-32,34,42,60,63H,9-12,25-30,33H2,1-8H3,(H,54,64)(H,56,66)(H,57,65)(H4,52,53,55). The Morgan fingerprint density at radius 3 is 2.09 bits per heavy atom. The molecule has 74 heavy (non-hydrogen) atoms. The molecule has 402 valence electrons. The lowest BCUT2D eigenvalue weighted by atomic mass is 10.0. The third-order valence-electron chi connectivity index (χ3n) is 11.4. The van der Waals surface area contributed by atoms with E-state index in [2.05, 4.69) is 35.9 Å². The summed E-state index contributed by atoms with van der Waals surface area (Å²) in [6, 6.07) is 20.7. The van der Waals surface area contributed by atoms with Crippen LogP contribution in [0, 0.1) is 10.1 Å². The summed E-state index contributed by atoms with van der Waals surface area (Å²) in [6.45, 7) is 9.05. The van der Waals surface area contributed by atoms with E-state index in [0.29, 0.717) is 30.8 Å². The summed E-state index contributed by atoms with van der Waals surface area (Å²) in [5.74, 6) is -1.14. The van der Waals surface area contributed by atoms with Gasteiger partial charge in [-0.05, 0) is 139 Å². The molecule has 23 heteroatoms. The highest BCUT2D eigenvalue weighted by Gasteiger charge is 2.32. The van der Waals surface area contributed by atoms with Crippen molar-refractivity contribution in [2.45, 2.75) is 108 Å². The first kappa shape index (κ1) is 59.2. The average Bonchev–Trinajstić information content (AvgIpc) is 3.32. The number of phenolic OH excluding ortho intramolecular Hbond substituents is 1. The van der Waals surface area contributed by atoms with Crippen molar-refractivity contribution in [3.63, 3.8) is 0 Å². The molecular weight excluding hydrogens is 975 g/mol. The number of aliphatic imine (C=N–C) groups is 1. The SMILES string of the molecule is COc1cc([N+](=O)[O-])c(C(C)NC(=O)C(CCCN=C(N)N)NC(=O)CC(C)(C)OCCC(C)(C)NS(=O)(=O)c2ccc(N=Nc3ccc(N(C)C)cc3)cc2)cc1OCCCC(=O)NCCc1ccc(O)cc1. The van der Waals surface area contributed by atoms with E-state index in [0.717, 1.165) is 11.3 Å². The number of methoxy groups -OCH3 is 1. The zero-order valence-corrected chi connectivity index (χ0v) is 44.2. The smallest absolute Gasteiger partial charge is 0.278 e. The minimum absolute atomic E-state index is 0.0375. The summed E-state index contributed by atoms with van der Waals surface area (Å²) in [5.41, 5.74) is 11.8. The van der Waals surface area contributed by atoms with Gasteiger partial charge in [0, 0.05) is 51.4 Å². The lowest BCUT2D eigenvalue weighted by molar-refractivity contribution is -0.385. The van der Waals surface area contributed by atoms with Crippen molar-refractivity contribution < 1.29 is 47.0 Å². The Labute approximate surface area is 432 Å². The van der Waals surface area contributed by atoms with Gasteiger partial charge in [-0.25, -0.2) is 13.1 Å². The molecule has 3 amide bonds. The van der Waals surface area contributed by atoms with Gasteiger partial charge in [0.15, 0.2) is 17.5 Å². The second kappa shape index (κ2) is 27.6. The Morgan fingerprint density at radius 1 is 0.865 bits per heavy atom. The number of nitrogens with one attached hydrogen (secondary N) is 4. The summed E-state index contributed by atoms with van der Waals surface area (Å²) in [7, 11) is 1.25. The summed E-state index contributed by atoms with van der Waals surface area (Å²) in [5, 5.41) is 38.6. The second-order valence-electron chi connectivity index (χ2n) is 19.0. The summed E-state index contributed by atoms with van der Waals surface area (Å²) in [4.78, 5) is 57.7. The number of aromatic hydroxyl groups is 1. The maximum absolute atomic E-state index is 13.9. The molecule has 0 heterocycles. The number of hydrogen-bond acceptors (Lipinski definition) is 15. The van der Waals surface area contributed by atoms with Crippen molar-refractivity contribution in [1.82, 2.24) is 20.7 Å².